The minimum absolute atomic E-state index is 0.212. The third-order valence-electron chi connectivity index (χ3n) is 5.37. The molecule has 4 aromatic rings. The number of rotatable bonds is 3. The van der Waals surface area contributed by atoms with E-state index < -0.39 is 6.36 Å². The van der Waals surface area contributed by atoms with Gasteiger partial charge in [-0.3, -0.25) is 0 Å². The third kappa shape index (κ3) is 3.16. The molecule has 6 nitrogen and oxygen atoms in total. The first kappa shape index (κ1) is 17.8. The van der Waals surface area contributed by atoms with Gasteiger partial charge in [0.05, 0.1) is 17.8 Å². The van der Waals surface area contributed by atoms with E-state index in [1.54, 1.807) is 18.3 Å². The number of aromatic nitrogens is 4. The van der Waals surface area contributed by atoms with E-state index in [1.165, 1.54) is 12.1 Å². The van der Waals surface area contributed by atoms with Crippen molar-refractivity contribution in [1.82, 2.24) is 19.5 Å². The Bertz CT molecular complexity index is 1180. The minimum Gasteiger partial charge on any atom is -0.406 e. The summed E-state index contributed by atoms with van der Waals surface area (Å²) in [5.41, 5.74) is 3.63. The zero-order valence-corrected chi connectivity index (χ0v) is 15.6. The molecular weight excluding hydrogens is 383 g/mol. The fourth-order valence-corrected chi connectivity index (χ4v) is 4.20. The summed E-state index contributed by atoms with van der Waals surface area (Å²) in [6, 6.07) is 8.25. The highest BCUT2D eigenvalue weighted by Crippen LogP contribution is 2.34. The molecule has 0 aliphatic carbocycles. The highest BCUT2D eigenvalue weighted by Gasteiger charge is 2.31. The molecule has 0 saturated carbocycles. The van der Waals surface area contributed by atoms with E-state index in [1.807, 2.05) is 19.2 Å². The second-order valence-corrected chi connectivity index (χ2v) is 7.19. The lowest BCUT2D eigenvalue weighted by molar-refractivity contribution is -0.274. The Hall–Kier alpha value is -3.23. The number of H-pyrrole nitrogens is 1. The van der Waals surface area contributed by atoms with Crippen LogP contribution in [0.1, 0.15) is 18.3 Å². The summed E-state index contributed by atoms with van der Waals surface area (Å²) in [4.78, 5) is 14.4. The molecule has 150 valence electrons. The molecule has 0 radical (unpaired) electrons. The molecule has 0 bridgehead atoms. The lowest BCUT2D eigenvalue weighted by Gasteiger charge is -2.20. The maximum Gasteiger partial charge on any atom is 0.573 e. The molecule has 4 heterocycles. The van der Waals surface area contributed by atoms with Crippen LogP contribution in [0.2, 0.25) is 0 Å². The van der Waals surface area contributed by atoms with Crippen molar-refractivity contribution < 1.29 is 17.9 Å². The summed E-state index contributed by atoms with van der Waals surface area (Å²) in [5, 5.41) is 1.04. The molecule has 0 amide bonds. The first-order chi connectivity index (χ1) is 13.9. The molecule has 1 aromatic carbocycles. The van der Waals surface area contributed by atoms with Crippen LogP contribution in [-0.4, -0.2) is 39.0 Å². The number of benzene rings is 1. The van der Waals surface area contributed by atoms with E-state index in [-0.39, 0.29) is 11.8 Å². The summed E-state index contributed by atoms with van der Waals surface area (Å²) >= 11 is 0. The molecule has 1 aliphatic heterocycles. The molecule has 1 fully saturated rings. The van der Waals surface area contributed by atoms with E-state index in [4.69, 9.17) is 0 Å². The van der Waals surface area contributed by atoms with Gasteiger partial charge in [-0.2, -0.15) is 0 Å². The van der Waals surface area contributed by atoms with Crippen LogP contribution in [0.4, 0.5) is 18.9 Å². The van der Waals surface area contributed by atoms with Crippen molar-refractivity contribution in [3.63, 3.8) is 0 Å². The number of hydrogen-bond donors (Lipinski definition) is 1. The van der Waals surface area contributed by atoms with Gasteiger partial charge in [0.1, 0.15) is 22.7 Å². The molecule has 3 aromatic heterocycles. The van der Waals surface area contributed by atoms with Gasteiger partial charge in [-0.25, -0.2) is 9.97 Å². The van der Waals surface area contributed by atoms with Gasteiger partial charge in [-0.05, 0) is 43.7 Å². The van der Waals surface area contributed by atoms with Gasteiger partial charge >= 0.3 is 6.36 Å². The van der Waals surface area contributed by atoms with Crippen LogP contribution in [0.25, 0.3) is 22.1 Å². The Labute approximate surface area is 163 Å². The Morgan fingerprint density at radius 1 is 1.17 bits per heavy atom. The van der Waals surface area contributed by atoms with Crippen molar-refractivity contribution in [3.8, 4) is 5.75 Å². The van der Waals surface area contributed by atoms with Crippen LogP contribution < -0.4 is 9.64 Å². The first-order valence-corrected chi connectivity index (χ1v) is 9.30. The lowest BCUT2D eigenvalue weighted by Crippen LogP contribution is -2.21. The van der Waals surface area contributed by atoms with Gasteiger partial charge in [0.15, 0.2) is 0 Å². The first-order valence-electron chi connectivity index (χ1n) is 9.30. The fraction of sp³-hybridized carbons (Fsp3) is 0.300. The van der Waals surface area contributed by atoms with E-state index >= 15 is 0 Å². The number of imidazole rings is 1. The van der Waals surface area contributed by atoms with Crippen LogP contribution in [0.3, 0.4) is 0 Å². The van der Waals surface area contributed by atoms with Crippen molar-refractivity contribution in [1.29, 1.82) is 0 Å². The van der Waals surface area contributed by atoms with Crippen molar-refractivity contribution in [3.05, 3.63) is 48.5 Å². The normalized spacial score (nSPS) is 17.5. The van der Waals surface area contributed by atoms with Gasteiger partial charge in [0.2, 0.25) is 0 Å². The van der Waals surface area contributed by atoms with Gasteiger partial charge < -0.3 is 19.2 Å². The largest absolute Gasteiger partial charge is 0.573 e. The van der Waals surface area contributed by atoms with E-state index in [2.05, 4.69) is 29.2 Å². The van der Waals surface area contributed by atoms with E-state index in [0.717, 1.165) is 53.1 Å². The highest BCUT2D eigenvalue weighted by atomic mass is 19.4. The highest BCUT2D eigenvalue weighted by molar-refractivity contribution is 6.01. The maximum atomic E-state index is 12.4. The molecule has 1 unspecified atom stereocenters. The predicted octanol–water partition coefficient (Wildman–Crippen LogP) is 4.57. The number of pyridine rings is 1. The van der Waals surface area contributed by atoms with Crippen LogP contribution in [0, 0.1) is 6.92 Å². The minimum atomic E-state index is -4.68. The Balaban J connectivity index is 1.43. The quantitative estimate of drug-likeness (QED) is 0.546. The number of alkyl halides is 3. The average molecular weight is 401 g/mol. The van der Waals surface area contributed by atoms with Crippen molar-refractivity contribution in [2.75, 3.05) is 18.0 Å². The SMILES string of the molecule is Cc1nc2cnc3[nH]ccc3c2n1C1CCN(c2ccc(OC(F)(F)F)cc2)C1. The van der Waals surface area contributed by atoms with Crippen LogP contribution in [0.15, 0.2) is 42.7 Å². The lowest BCUT2D eigenvalue weighted by atomic mass is 10.2. The molecule has 1 aliphatic rings. The summed E-state index contributed by atoms with van der Waals surface area (Å²) < 4.78 is 43.3. The topological polar surface area (TPSA) is 59.0 Å². The van der Waals surface area contributed by atoms with Gasteiger partial charge in [-0.1, -0.05) is 0 Å². The Morgan fingerprint density at radius 2 is 1.97 bits per heavy atom. The van der Waals surface area contributed by atoms with E-state index in [0.29, 0.717) is 0 Å². The number of aryl methyl sites for hydroxylation is 1. The fourth-order valence-electron chi connectivity index (χ4n) is 4.20. The number of fused-ring (bicyclic) bond motifs is 3. The zero-order valence-electron chi connectivity index (χ0n) is 15.6. The summed E-state index contributed by atoms with van der Waals surface area (Å²) in [6.45, 7) is 3.55. The van der Waals surface area contributed by atoms with Crippen molar-refractivity contribution >= 4 is 27.8 Å². The summed E-state index contributed by atoms with van der Waals surface area (Å²) in [6.07, 6.45) is -0.112. The summed E-state index contributed by atoms with van der Waals surface area (Å²) in [5.74, 6) is 0.715. The second kappa shape index (κ2) is 6.40. The standard InChI is InChI=1S/C20H18F3N5O/c1-12-26-17-10-25-19-16(6-8-24-19)18(17)28(12)14-7-9-27(11-14)13-2-4-15(5-3-13)29-20(21,22)23/h2-6,8,10,14H,7,9,11H2,1H3,(H,24,25). The van der Waals surface area contributed by atoms with E-state index in [9.17, 15) is 13.2 Å². The maximum absolute atomic E-state index is 12.4. The number of halogens is 3. The summed E-state index contributed by atoms with van der Waals surface area (Å²) in [7, 11) is 0. The van der Waals surface area contributed by atoms with Crippen molar-refractivity contribution in [2.24, 2.45) is 0 Å². The molecule has 5 rings (SSSR count). The molecule has 29 heavy (non-hydrogen) atoms. The van der Waals surface area contributed by atoms with Crippen LogP contribution in [0.5, 0.6) is 5.75 Å². The Morgan fingerprint density at radius 3 is 2.72 bits per heavy atom. The Kier molecular flexibility index (Phi) is 3.94. The smallest absolute Gasteiger partial charge is 0.406 e. The van der Waals surface area contributed by atoms with Crippen LogP contribution >= 0.6 is 0 Å². The molecule has 1 saturated heterocycles. The molecule has 9 heteroatoms. The monoisotopic (exact) mass is 401 g/mol. The third-order valence-corrected chi connectivity index (χ3v) is 5.37. The van der Waals surface area contributed by atoms with Gasteiger partial charge in [-0.15, -0.1) is 13.2 Å². The van der Waals surface area contributed by atoms with Gasteiger partial charge in [0.25, 0.3) is 0 Å². The molecule has 1 N–H and O–H groups in total. The number of ether oxygens (including phenoxy) is 1. The average Bonchev–Trinajstić information content (AvgIpc) is 3.37. The molecule has 0 spiro atoms. The van der Waals surface area contributed by atoms with Crippen LogP contribution in [-0.2, 0) is 0 Å². The molecular formula is C20H18F3N5O. The number of nitrogens with one attached hydrogen (secondary N) is 1. The zero-order chi connectivity index (χ0) is 20.2. The number of aromatic amines is 1. The number of nitrogens with zero attached hydrogens (tertiary/aromatic N) is 4. The predicted molar refractivity (Wildman–Crippen MR) is 103 cm³/mol. The second-order valence-electron chi connectivity index (χ2n) is 7.19. The van der Waals surface area contributed by atoms with Gasteiger partial charge in [0, 0.05) is 30.4 Å². The number of anilines is 1. The number of hydrogen-bond acceptors (Lipinski definition) is 4. The van der Waals surface area contributed by atoms with Crippen molar-refractivity contribution in [2.45, 2.75) is 25.7 Å². The molecule has 1 atom stereocenters.